The fraction of sp³-hybridized carbons (Fsp3) is 0.672. The minimum Gasteiger partial charge on any atom is -0.462 e. The maximum absolute atomic E-state index is 14.3. The molecular weight excluding hydrogens is 845 g/mol. The summed E-state index contributed by atoms with van der Waals surface area (Å²) in [7, 11) is 0. The quantitative estimate of drug-likeness (QED) is 0.0926. The molecule has 1 heterocycles. The lowest BCUT2D eigenvalue weighted by atomic mass is 9.30. The Labute approximate surface area is 407 Å². The van der Waals surface area contributed by atoms with Crippen LogP contribution in [0.2, 0.25) is 0 Å². The molecule has 0 saturated heterocycles. The van der Waals surface area contributed by atoms with Gasteiger partial charge in [0.2, 0.25) is 0 Å². The molecule has 0 aromatic heterocycles. The molecule has 10 rings (SSSR count). The van der Waals surface area contributed by atoms with E-state index < -0.39 is 45.6 Å². The topological polar surface area (TPSA) is 113 Å². The third-order valence-corrected chi connectivity index (χ3v) is 20.9. The lowest BCUT2D eigenvalue weighted by Gasteiger charge is -2.76. The van der Waals surface area contributed by atoms with Gasteiger partial charge in [0, 0.05) is 36.7 Å². The summed E-state index contributed by atoms with van der Waals surface area (Å²) < 4.78 is 12.0. The van der Waals surface area contributed by atoms with E-state index in [-0.39, 0.29) is 48.1 Å². The Hall–Kier alpha value is -3.70. The highest BCUT2D eigenvalue weighted by Gasteiger charge is 2.82. The van der Waals surface area contributed by atoms with E-state index in [1.54, 1.807) is 6.08 Å². The van der Waals surface area contributed by atoms with E-state index in [1.807, 2.05) is 19.1 Å². The highest BCUT2D eigenvalue weighted by molar-refractivity contribution is 5.85. The van der Waals surface area contributed by atoms with Gasteiger partial charge >= 0.3 is 11.9 Å². The van der Waals surface area contributed by atoms with Gasteiger partial charge < -0.3 is 24.8 Å². The highest BCUT2D eigenvalue weighted by Crippen LogP contribution is 2.77. The summed E-state index contributed by atoms with van der Waals surface area (Å²) >= 11 is 0. The van der Waals surface area contributed by atoms with Gasteiger partial charge in [0.15, 0.2) is 0 Å². The van der Waals surface area contributed by atoms with Crippen LogP contribution in [0.4, 0.5) is 0 Å². The Morgan fingerprint density at radius 3 is 2.34 bits per heavy atom. The summed E-state index contributed by atoms with van der Waals surface area (Å²) in [6, 6.07) is 21.7. The average Bonchev–Trinajstić information content (AvgIpc) is 4.01. The van der Waals surface area contributed by atoms with E-state index in [0.29, 0.717) is 55.8 Å². The lowest BCUT2D eigenvalue weighted by Crippen LogP contribution is -2.83. The van der Waals surface area contributed by atoms with Crippen LogP contribution < -0.4 is 0 Å². The highest BCUT2D eigenvalue weighted by atomic mass is 16.5. The normalized spacial score (nSPS) is 42.5. The molecule has 2 aromatic carbocycles. The molecule has 3 spiro atoms. The molecule has 15 atom stereocenters. The molecule has 1 aliphatic heterocycles. The maximum Gasteiger partial charge on any atom is 0.331 e. The average molecular weight is 925 g/mol. The minimum absolute atomic E-state index is 0.117. The first-order chi connectivity index (χ1) is 32.5. The van der Waals surface area contributed by atoms with Gasteiger partial charge in [0.1, 0.15) is 12.7 Å². The first-order valence-electron chi connectivity index (χ1n) is 27.0. The van der Waals surface area contributed by atoms with Gasteiger partial charge in [-0.1, -0.05) is 106 Å². The van der Waals surface area contributed by atoms with Crippen molar-refractivity contribution in [1.29, 1.82) is 0 Å². The molecule has 8 aliphatic rings. The van der Waals surface area contributed by atoms with E-state index >= 15 is 0 Å². The van der Waals surface area contributed by atoms with Crippen LogP contribution in [0.3, 0.4) is 0 Å². The first kappa shape index (κ1) is 48.0. The van der Waals surface area contributed by atoms with Crippen molar-refractivity contribution in [2.45, 2.75) is 186 Å². The summed E-state index contributed by atoms with van der Waals surface area (Å²) in [5.41, 5.74) is -2.07. The van der Waals surface area contributed by atoms with E-state index in [4.69, 9.17) is 9.47 Å². The van der Waals surface area contributed by atoms with Crippen LogP contribution in [0, 0.1) is 74.4 Å². The molecule has 7 aliphatic carbocycles. The Morgan fingerprint density at radius 1 is 0.868 bits per heavy atom. The number of fused-ring (bicyclic) bond motifs is 3. The zero-order chi connectivity index (χ0) is 47.6. The summed E-state index contributed by atoms with van der Waals surface area (Å²) in [5, 5.41) is 41.6. The first-order valence-corrected chi connectivity index (χ1v) is 27.0. The zero-order valence-electron chi connectivity index (χ0n) is 41.7. The number of hydrogen-bond donors (Lipinski definition) is 3. The smallest absolute Gasteiger partial charge is 0.331 e. The van der Waals surface area contributed by atoms with Gasteiger partial charge in [-0.15, -0.1) is 5.92 Å². The lowest BCUT2D eigenvalue weighted by molar-refractivity contribution is -0.363. The molecule has 5 fully saturated rings. The van der Waals surface area contributed by atoms with Gasteiger partial charge in [-0.05, 0) is 179 Å². The molecule has 0 radical (unpaired) electrons. The van der Waals surface area contributed by atoms with Gasteiger partial charge in [-0.2, -0.15) is 0 Å². The molecule has 0 amide bonds. The van der Waals surface area contributed by atoms with E-state index in [9.17, 15) is 24.9 Å². The predicted octanol–water partition coefficient (Wildman–Crippen LogP) is 11.5. The van der Waals surface area contributed by atoms with Gasteiger partial charge in [-0.25, -0.2) is 4.79 Å². The van der Waals surface area contributed by atoms with Crippen LogP contribution in [-0.2, 0) is 31.9 Å². The molecule has 7 nitrogen and oxygen atoms in total. The van der Waals surface area contributed by atoms with Crippen molar-refractivity contribution in [2.24, 2.45) is 62.6 Å². The Morgan fingerprint density at radius 2 is 1.62 bits per heavy atom. The largest absolute Gasteiger partial charge is 0.462 e. The van der Waals surface area contributed by atoms with E-state index in [1.165, 1.54) is 56.6 Å². The summed E-state index contributed by atoms with van der Waals surface area (Å²) in [5.74, 6) is 8.39. The van der Waals surface area contributed by atoms with Gasteiger partial charge in [-0.3, -0.25) is 4.79 Å². The molecule has 7 heteroatoms. The number of cyclic esters (lactones) is 1. The van der Waals surface area contributed by atoms with Crippen LogP contribution in [0.25, 0.3) is 0 Å². The van der Waals surface area contributed by atoms with Crippen molar-refractivity contribution in [1.82, 2.24) is 0 Å². The zero-order valence-corrected chi connectivity index (χ0v) is 41.7. The molecule has 68 heavy (non-hydrogen) atoms. The number of esters is 2. The SMILES string of the molecule is CC(=O)OC1CC2(C)C=CC(O)(CCC(C)CCCc3ccccc3)C3(C(O)CCC(C)(C4CCC56CC4C#CCC4CCC(C4)(C5)C(CCc4ccccc4)C6)C13)C2(O)CCC1=CC(=O)OC1. The monoisotopic (exact) mass is 925 g/mol. The number of ether oxygens (including phenoxy) is 2. The van der Waals surface area contributed by atoms with E-state index in [0.717, 1.165) is 56.9 Å². The van der Waals surface area contributed by atoms with Crippen LogP contribution >= 0.6 is 0 Å². The molecule has 3 N–H and O–H groups in total. The van der Waals surface area contributed by atoms with Gasteiger partial charge in [0.05, 0.1) is 22.7 Å². The predicted molar refractivity (Wildman–Crippen MR) is 266 cm³/mol. The van der Waals surface area contributed by atoms with Crippen LogP contribution in [0.1, 0.15) is 161 Å². The van der Waals surface area contributed by atoms with Crippen LogP contribution in [0.15, 0.2) is 84.5 Å². The van der Waals surface area contributed by atoms with Gasteiger partial charge in [0.25, 0.3) is 0 Å². The number of aliphatic hydroxyl groups is 3. The Bertz CT molecular complexity index is 2310. The van der Waals surface area contributed by atoms with Crippen molar-refractivity contribution in [3.63, 3.8) is 0 Å². The van der Waals surface area contributed by atoms with Crippen molar-refractivity contribution in [2.75, 3.05) is 6.61 Å². The second-order valence-corrected chi connectivity index (χ2v) is 24.8. The number of carbonyl (C=O) groups excluding carboxylic acids is 2. The van der Waals surface area contributed by atoms with E-state index in [2.05, 4.69) is 86.4 Å². The van der Waals surface area contributed by atoms with Crippen molar-refractivity contribution in [3.8, 4) is 11.8 Å². The number of rotatable bonds is 15. The number of aliphatic hydroxyl groups excluding tert-OH is 1. The van der Waals surface area contributed by atoms with Crippen molar-refractivity contribution in [3.05, 3.63) is 95.6 Å². The second kappa shape index (κ2) is 18.2. The summed E-state index contributed by atoms with van der Waals surface area (Å²) in [6.07, 6.45) is 22.9. The summed E-state index contributed by atoms with van der Waals surface area (Å²) in [4.78, 5) is 25.9. The second-order valence-electron chi connectivity index (χ2n) is 24.8. The fourth-order valence-electron chi connectivity index (χ4n) is 18.0. The fourth-order valence-corrected chi connectivity index (χ4v) is 18.0. The minimum atomic E-state index is -1.63. The molecular formula is C61H80O7. The molecule has 2 aromatic rings. The number of benzene rings is 2. The number of aryl methyl sites for hydroxylation is 2. The van der Waals surface area contributed by atoms with Crippen LogP contribution in [0.5, 0.6) is 0 Å². The molecule has 15 unspecified atom stereocenters. The Kier molecular flexibility index (Phi) is 12.8. The third-order valence-electron chi connectivity index (χ3n) is 20.9. The van der Waals surface area contributed by atoms with Crippen molar-refractivity contribution >= 4 is 11.9 Å². The maximum atomic E-state index is 14.3. The number of hydrogen-bond acceptors (Lipinski definition) is 7. The molecule has 5 saturated carbocycles. The molecule has 6 bridgehead atoms. The molecule has 366 valence electrons. The standard InChI is InChI=1S/C61H80O7/c1-42(13-11-18-44-14-7-5-8-15-44)23-31-59(65)34-33-55(3)39-51(68-43(2)62)54-56(4,28-27-52(63)61(54,59)60(55,66)32-25-47-35-53(64)67-40-47)50-26-29-57-37-48(50)20-12-19-46-24-30-58(36-46,41-57)49(38-57)22-21-45-16-9-6-10-17-45/h5-10,14-17,33-35,42,46,48-52,54,63,65-66H,11,13,18-19,21-32,36-41H2,1-4H3. The van der Waals surface area contributed by atoms with Crippen molar-refractivity contribution < 1.29 is 34.4 Å². The third kappa shape index (κ3) is 8.07. The summed E-state index contributed by atoms with van der Waals surface area (Å²) in [6.45, 7) is 8.36. The van der Waals surface area contributed by atoms with Crippen LogP contribution in [-0.4, -0.2) is 57.3 Å². The Balaban J connectivity index is 1.03. The number of carbonyl (C=O) groups is 2.